The number of halogens is 2. The van der Waals surface area contributed by atoms with Crippen molar-refractivity contribution in [3.63, 3.8) is 0 Å². The summed E-state index contributed by atoms with van der Waals surface area (Å²) in [6, 6.07) is 6.03. The van der Waals surface area contributed by atoms with Gasteiger partial charge in [0.1, 0.15) is 5.69 Å². The van der Waals surface area contributed by atoms with E-state index in [0.717, 1.165) is 0 Å². The lowest BCUT2D eigenvalue weighted by Gasteiger charge is -2.06. The highest BCUT2D eigenvalue weighted by Gasteiger charge is 2.28. The summed E-state index contributed by atoms with van der Waals surface area (Å²) in [5, 5.41) is 11.5. The summed E-state index contributed by atoms with van der Waals surface area (Å²) >= 11 is 3.15. The maximum atomic E-state index is 14.2. The van der Waals surface area contributed by atoms with Crippen molar-refractivity contribution in [1.29, 1.82) is 0 Å². The van der Waals surface area contributed by atoms with Crippen LogP contribution < -0.4 is 0 Å². The summed E-state index contributed by atoms with van der Waals surface area (Å²) in [4.78, 5) is 24.2. The van der Waals surface area contributed by atoms with Crippen molar-refractivity contribution in [3.8, 4) is 5.69 Å². The zero-order valence-corrected chi connectivity index (χ0v) is 15.1. The minimum atomic E-state index is -1.41. The van der Waals surface area contributed by atoms with Gasteiger partial charge in [0.25, 0.3) is 0 Å². The average Bonchev–Trinajstić information content (AvgIpc) is 3.27. The number of hydrogen-bond acceptors (Lipinski definition) is 6. The molecule has 0 radical (unpaired) electrons. The zero-order valence-electron chi connectivity index (χ0n) is 13.5. The number of aromatic nitrogens is 2. The molecule has 0 fully saturated rings. The molecule has 0 spiro atoms. The van der Waals surface area contributed by atoms with Gasteiger partial charge in [-0.25, -0.2) is 9.07 Å². The summed E-state index contributed by atoms with van der Waals surface area (Å²) in [5.41, 5.74) is 0.406. The number of benzene rings is 1. The number of furan rings is 1. The van der Waals surface area contributed by atoms with Crippen molar-refractivity contribution in [2.45, 2.75) is 13.0 Å². The SMILES string of the molecule is CC(=O)C(N=Nc1ccc(-n2cccn2)cc1F)C(=O)c1occc1Br. The Bertz CT molecular complexity index is 982. The van der Waals surface area contributed by atoms with E-state index >= 15 is 0 Å². The highest BCUT2D eigenvalue weighted by Crippen LogP contribution is 2.24. The number of azo groups is 1. The summed E-state index contributed by atoms with van der Waals surface area (Å²) in [6.45, 7) is 1.20. The Morgan fingerprint density at radius 1 is 1.35 bits per heavy atom. The van der Waals surface area contributed by atoms with E-state index in [1.165, 1.54) is 36.1 Å². The van der Waals surface area contributed by atoms with Crippen molar-refractivity contribution in [2.24, 2.45) is 10.2 Å². The molecule has 0 saturated carbocycles. The molecule has 26 heavy (non-hydrogen) atoms. The van der Waals surface area contributed by atoms with Crippen LogP contribution in [0.4, 0.5) is 10.1 Å². The molecule has 0 N–H and O–H groups in total. The minimum absolute atomic E-state index is 0.0429. The van der Waals surface area contributed by atoms with Crippen LogP contribution >= 0.6 is 15.9 Å². The lowest BCUT2D eigenvalue weighted by atomic mass is 10.1. The fraction of sp³-hybridized carbons (Fsp3) is 0.118. The van der Waals surface area contributed by atoms with Crippen LogP contribution in [-0.4, -0.2) is 27.4 Å². The fourth-order valence-electron chi connectivity index (χ4n) is 2.17. The van der Waals surface area contributed by atoms with Gasteiger partial charge in [-0.1, -0.05) is 0 Å². The number of carbonyl (C=O) groups excluding carboxylic acids is 2. The molecule has 1 unspecified atom stereocenters. The molecule has 0 aliphatic heterocycles. The van der Waals surface area contributed by atoms with Gasteiger partial charge in [0, 0.05) is 18.5 Å². The van der Waals surface area contributed by atoms with Gasteiger partial charge >= 0.3 is 0 Å². The number of Topliss-reactive ketones (excluding diaryl/α,β-unsaturated/α-hetero) is 2. The molecule has 0 bridgehead atoms. The smallest absolute Gasteiger partial charge is 0.233 e. The maximum Gasteiger partial charge on any atom is 0.233 e. The largest absolute Gasteiger partial charge is 0.460 e. The van der Waals surface area contributed by atoms with E-state index in [-0.39, 0.29) is 11.4 Å². The highest BCUT2D eigenvalue weighted by atomic mass is 79.9. The lowest BCUT2D eigenvalue weighted by Crippen LogP contribution is -2.26. The Hall–Kier alpha value is -2.94. The third kappa shape index (κ3) is 3.67. The maximum absolute atomic E-state index is 14.2. The van der Waals surface area contributed by atoms with E-state index < -0.39 is 23.4 Å². The van der Waals surface area contributed by atoms with E-state index in [9.17, 15) is 14.0 Å². The second kappa shape index (κ2) is 7.52. The van der Waals surface area contributed by atoms with Crippen molar-refractivity contribution < 1.29 is 18.4 Å². The van der Waals surface area contributed by atoms with E-state index in [2.05, 4.69) is 31.3 Å². The Morgan fingerprint density at radius 2 is 2.15 bits per heavy atom. The van der Waals surface area contributed by atoms with E-state index in [4.69, 9.17) is 4.42 Å². The third-order valence-corrected chi connectivity index (χ3v) is 4.08. The predicted molar refractivity (Wildman–Crippen MR) is 93.2 cm³/mol. The lowest BCUT2D eigenvalue weighted by molar-refractivity contribution is -0.117. The summed E-state index contributed by atoms with van der Waals surface area (Å²) in [7, 11) is 0. The first-order valence-corrected chi connectivity index (χ1v) is 8.24. The molecular weight excluding hydrogens is 407 g/mol. The average molecular weight is 419 g/mol. The van der Waals surface area contributed by atoms with Crippen molar-refractivity contribution in [2.75, 3.05) is 0 Å². The molecule has 2 heterocycles. The van der Waals surface area contributed by atoms with Gasteiger partial charge in [-0.2, -0.15) is 15.3 Å². The highest BCUT2D eigenvalue weighted by molar-refractivity contribution is 9.10. The van der Waals surface area contributed by atoms with Crippen molar-refractivity contribution in [1.82, 2.24) is 9.78 Å². The molecule has 0 aliphatic rings. The summed E-state index contributed by atoms with van der Waals surface area (Å²) in [6.07, 6.45) is 4.54. The van der Waals surface area contributed by atoms with Gasteiger partial charge in [0.15, 0.2) is 23.4 Å². The topological polar surface area (TPSA) is 89.8 Å². The van der Waals surface area contributed by atoms with Crippen molar-refractivity contribution >= 4 is 33.2 Å². The van der Waals surface area contributed by atoms with Crippen LogP contribution in [0.25, 0.3) is 5.69 Å². The van der Waals surface area contributed by atoms with Crippen LogP contribution in [0.2, 0.25) is 0 Å². The Labute approximate surface area is 155 Å². The molecule has 7 nitrogen and oxygen atoms in total. The first-order valence-electron chi connectivity index (χ1n) is 7.45. The monoisotopic (exact) mass is 418 g/mol. The second-order valence-corrected chi connectivity index (χ2v) is 6.13. The van der Waals surface area contributed by atoms with Crippen LogP contribution in [0.15, 0.2) is 68.1 Å². The van der Waals surface area contributed by atoms with Crippen LogP contribution in [0.1, 0.15) is 17.5 Å². The van der Waals surface area contributed by atoms with Gasteiger partial charge in [0.2, 0.25) is 5.78 Å². The van der Waals surface area contributed by atoms with Crippen molar-refractivity contribution in [3.05, 3.63) is 65.0 Å². The molecule has 1 aromatic carbocycles. The van der Waals surface area contributed by atoms with Crippen LogP contribution in [0.5, 0.6) is 0 Å². The third-order valence-electron chi connectivity index (χ3n) is 3.46. The molecule has 2 aromatic heterocycles. The molecule has 0 saturated heterocycles. The number of nitrogens with zero attached hydrogens (tertiary/aromatic N) is 4. The normalized spacial score (nSPS) is 12.4. The number of carbonyl (C=O) groups is 2. The van der Waals surface area contributed by atoms with Crippen LogP contribution in [0, 0.1) is 5.82 Å². The quantitative estimate of drug-likeness (QED) is 0.339. The van der Waals surface area contributed by atoms with E-state index in [1.807, 2.05) is 0 Å². The summed E-state index contributed by atoms with van der Waals surface area (Å²) < 4.78 is 21.2. The van der Waals surface area contributed by atoms with Crippen LogP contribution in [-0.2, 0) is 4.79 Å². The molecule has 0 amide bonds. The molecule has 1 atom stereocenters. The molecule has 132 valence electrons. The Balaban J connectivity index is 1.86. The molecule has 0 aliphatic carbocycles. The molecule has 3 rings (SSSR count). The fourth-order valence-corrected chi connectivity index (χ4v) is 2.57. The number of hydrogen-bond donors (Lipinski definition) is 0. The zero-order chi connectivity index (χ0) is 18.7. The first-order chi connectivity index (χ1) is 12.5. The Morgan fingerprint density at radius 3 is 2.73 bits per heavy atom. The predicted octanol–water partition coefficient (Wildman–Crippen LogP) is 4.29. The summed E-state index contributed by atoms with van der Waals surface area (Å²) in [5.74, 6) is -1.89. The molecule has 9 heteroatoms. The van der Waals surface area contributed by atoms with Gasteiger partial charge in [-0.3, -0.25) is 9.59 Å². The van der Waals surface area contributed by atoms with Crippen LogP contribution in [0.3, 0.4) is 0 Å². The minimum Gasteiger partial charge on any atom is -0.460 e. The Kier molecular flexibility index (Phi) is 5.17. The van der Waals surface area contributed by atoms with Gasteiger partial charge in [-0.15, -0.1) is 0 Å². The van der Waals surface area contributed by atoms with E-state index in [1.54, 1.807) is 24.5 Å². The molecule has 3 aromatic rings. The first kappa shape index (κ1) is 17.9. The molecular formula is C17H12BrFN4O3. The van der Waals surface area contributed by atoms with E-state index in [0.29, 0.717) is 10.2 Å². The number of ketones is 2. The standard InChI is InChI=1S/C17H12BrFN4O3/c1-10(24)15(16(25)17-12(18)5-8-26-17)22-21-14-4-3-11(9-13(14)19)23-7-2-6-20-23/h2-9,15H,1H3. The van der Waals surface area contributed by atoms with Gasteiger partial charge in [0.05, 0.1) is 16.4 Å². The second-order valence-electron chi connectivity index (χ2n) is 5.28. The van der Waals surface area contributed by atoms with Gasteiger partial charge < -0.3 is 4.42 Å². The van der Waals surface area contributed by atoms with Gasteiger partial charge in [-0.05, 0) is 47.1 Å². The number of rotatable bonds is 6.